The van der Waals surface area contributed by atoms with Crippen LogP contribution in [-0.2, 0) is 0 Å². The molecule has 0 aliphatic carbocycles. The van der Waals surface area contributed by atoms with Crippen molar-refractivity contribution in [3.05, 3.63) is 82.7 Å². The number of rotatable bonds is 5. The highest BCUT2D eigenvalue weighted by Gasteiger charge is 2.23. The summed E-state index contributed by atoms with van der Waals surface area (Å²) < 4.78 is 15.7. The predicted molar refractivity (Wildman–Crippen MR) is 146 cm³/mol. The average molecular weight is 498 g/mol. The molecule has 2 aromatic carbocycles. The van der Waals surface area contributed by atoms with Crippen LogP contribution in [0.25, 0.3) is 33.3 Å². The highest BCUT2D eigenvalue weighted by atomic mass is 19.1. The Bertz CT molecular complexity index is 1640. The number of aromatic amines is 2. The van der Waals surface area contributed by atoms with Crippen molar-refractivity contribution in [2.45, 2.75) is 13.0 Å². The van der Waals surface area contributed by atoms with Gasteiger partial charge in [0.1, 0.15) is 16.9 Å². The van der Waals surface area contributed by atoms with E-state index in [2.05, 4.69) is 42.1 Å². The zero-order valence-corrected chi connectivity index (χ0v) is 20.8. The van der Waals surface area contributed by atoms with Gasteiger partial charge >= 0.3 is 0 Å². The molecule has 188 valence electrons. The van der Waals surface area contributed by atoms with Crippen LogP contribution in [-0.4, -0.2) is 58.1 Å². The molecule has 1 aliphatic rings. The number of likely N-dealkylation sites (N-methyl/N-ethyl adjacent to an activating group) is 1. The van der Waals surface area contributed by atoms with Crippen molar-refractivity contribution in [2.24, 2.45) is 0 Å². The van der Waals surface area contributed by atoms with E-state index in [0.717, 1.165) is 37.3 Å². The van der Waals surface area contributed by atoms with E-state index in [1.165, 1.54) is 0 Å². The zero-order valence-electron chi connectivity index (χ0n) is 20.8. The lowest BCUT2D eigenvalue weighted by atomic mass is 10.1. The number of H-pyrrole nitrogens is 2. The van der Waals surface area contributed by atoms with Gasteiger partial charge in [0.05, 0.1) is 34.1 Å². The number of hydrogen-bond acceptors (Lipinski definition) is 6. The molecule has 8 nitrogen and oxygen atoms in total. The minimum atomic E-state index is -0.352. The van der Waals surface area contributed by atoms with Crippen LogP contribution < -0.4 is 15.8 Å². The van der Waals surface area contributed by atoms with Gasteiger partial charge < -0.3 is 25.1 Å². The smallest absolute Gasteiger partial charge is 0.261 e. The molecule has 0 bridgehead atoms. The lowest BCUT2D eigenvalue weighted by Gasteiger charge is -2.34. The number of nitrogens with one attached hydrogen (secondary N) is 3. The van der Waals surface area contributed by atoms with E-state index in [9.17, 15) is 4.79 Å². The van der Waals surface area contributed by atoms with Crippen molar-refractivity contribution in [1.29, 1.82) is 0 Å². The average Bonchev–Trinajstić information content (AvgIpc) is 3.35. The Morgan fingerprint density at radius 2 is 1.78 bits per heavy atom. The Kier molecular flexibility index (Phi) is 5.84. The highest BCUT2D eigenvalue weighted by Crippen LogP contribution is 2.34. The van der Waals surface area contributed by atoms with E-state index in [4.69, 9.17) is 0 Å². The van der Waals surface area contributed by atoms with Gasteiger partial charge in [-0.3, -0.25) is 9.78 Å². The summed E-state index contributed by atoms with van der Waals surface area (Å²) >= 11 is 0. The molecule has 9 heteroatoms. The molecule has 3 aromatic heterocycles. The zero-order chi connectivity index (χ0) is 25.5. The highest BCUT2D eigenvalue weighted by molar-refractivity contribution is 5.99. The first kappa shape index (κ1) is 23.2. The van der Waals surface area contributed by atoms with Crippen molar-refractivity contribution in [3.63, 3.8) is 0 Å². The molecule has 1 saturated heterocycles. The molecule has 3 N–H and O–H groups in total. The summed E-state index contributed by atoms with van der Waals surface area (Å²) in [5.41, 5.74) is 3.49. The van der Waals surface area contributed by atoms with Crippen molar-refractivity contribution in [2.75, 3.05) is 43.4 Å². The number of nitrogens with zero attached hydrogens (tertiary/aromatic N) is 4. The standard InChI is InChI=1S/C28H28FN7O/c1-17(19-8-5-6-12-30-19)31-25-18-7-3-4-9-20(18)33-28(37)23(25)27-32-21-10-11-22(24(29)26(21)34-27)36-15-13-35(2)14-16-36/h3-12,17H,13-16H2,1-2H3,(H,32,34)(H2,31,33,37). The molecule has 0 amide bonds. The van der Waals surface area contributed by atoms with Crippen LogP contribution in [0, 0.1) is 5.82 Å². The Morgan fingerprint density at radius 3 is 2.57 bits per heavy atom. The summed E-state index contributed by atoms with van der Waals surface area (Å²) in [6.45, 7) is 5.25. The Labute approximate surface area is 213 Å². The maximum absolute atomic E-state index is 15.7. The lowest BCUT2D eigenvalue weighted by molar-refractivity contribution is 0.312. The molecule has 4 heterocycles. The van der Waals surface area contributed by atoms with Crippen molar-refractivity contribution in [1.82, 2.24) is 24.8 Å². The number of imidazole rings is 1. The summed E-state index contributed by atoms with van der Waals surface area (Å²) in [4.78, 5) is 32.9. The molecular formula is C28H28FN7O. The van der Waals surface area contributed by atoms with Gasteiger partial charge in [0.25, 0.3) is 5.56 Å². The fourth-order valence-corrected chi connectivity index (χ4v) is 4.99. The Balaban J connectivity index is 1.48. The van der Waals surface area contributed by atoms with Gasteiger partial charge in [-0.2, -0.15) is 0 Å². The molecular weight excluding hydrogens is 469 g/mol. The number of benzene rings is 2. The van der Waals surface area contributed by atoms with Gasteiger partial charge in [0.2, 0.25) is 0 Å². The van der Waals surface area contributed by atoms with Gasteiger partial charge in [-0.1, -0.05) is 24.3 Å². The normalized spacial score (nSPS) is 15.4. The first-order chi connectivity index (χ1) is 18.0. The molecule has 0 saturated carbocycles. The quantitative estimate of drug-likeness (QED) is 0.330. The third-order valence-corrected chi connectivity index (χ3v) is 7.07. The molecule has 5 aromatic rings. The van der Waals surface area contributed by atoms with Gasteiger partial charge in [-0.05, 0) is 44.3 Å². The van der Waals surface area contributed by atoms with Crippen LogP contribution in [0.3, 0.4) is 0 Å². The maximum Gasteiger partial charge on any atom is 0.261 e. The molecule has 1 unspecified atom stereocenters. The molecule has 1 atom stereocenters. The number of piperazine rings is 1. The van der Waals surface area contributed by atoms with Gasteiger partial charge in [-0.25, -0.2) is 9.37 Å². The van der Waals surface area contributed by atoms with Crippen LogP contribution in [0.2, 0.25) is 0 Å². The van der Waals surface area contributed by atoms with Gasteiger partial charge in [0, 0.05) is 37.8 Å². The SMILES string of the molecule is CC(Nc1c(-c2nc3ccc(N4CCN(C)CC4)c(F)c3[nH]2)c(=O)[nH]c2ccccc12)c1ccccn1. The van der Waals surface area contributed by atoms with Crippen molar-refractivity contribution >= 4 is 33.3 Å². The largest absolute Gasteiger partial charge is 0.376 e. The molecule has 1 fully saturated rings. The van der Waals surface area contributed by atoms with Gasteiger partial charge in [-0.15, -0.1) is 0 Å². The summed E-state index contributed by atoms with van der Waals surface area (Å²) in [5, 5.41) is 4.32. The van der Waals surface area contributed by atoms with Crippen LogP contribution in [0.5, 0.6) is 0 Å². The van der Waals surface area contributed by atoms with E-state index in [0.29, 0.717) is 39.3 Å². The number of halogens is 1. The number of anilines is 2. The number of aromatic nitrogens is 4. The second-order valence-electron chi connectivity index (χ2n) is 9.54. The molecule has 6 rings (SSSR count). The molecule has 0 radical (unpaired) electrons. The summed E-state index contributed by atoms with van der Waals surface area (Å²) in [5.74, 6) is -0.0402. The Morgan fingerprint density at radius 1 is 1.00 bits per heavy atom. The number of hydrogen-bond donors (Lipinski definition) is 3. The second-order valence-corrected chi connectivity index (χ2v) is 9.54. The second kappa shape index (κ2) is 9.33. The first-order valence-corrected chi connectivity index (χ1v) is 12.4. The summed E-state index contributed by atoms with van der Waals surface area (Å²) in [7, 11) is 2.07. The van der Waals surface area contributed by atoms with Crippen LogP contribution >= 0.6 is 0 Å². The van der Waals surface area contributed by atoms with E-state index in [1.54, 1.807) is 12.3 Å². The fourth-order valence-electron chi connectivity index (χ4n) is 4.99. The number of para-hydroxylation sites is 1. The van der Waals surface area contributed by atoms with Crippen molar-refractivity contribution in [3.8, 4) is 11.4 Å². The van der Waals surface area contributed by atoms with Crippen LogP contribution in [0.1, 0.15) is 18.7 Å². The van der Waals surface area contributed by atoms with E-state index in [-0.39, 0.29) is 17.4 Å². The number of fused-ring (bicyclic) bond motifs is 2. The van der Waals surface area contributed by atoms with Crippen LogP contribution in [0.4, 0.5) is 15.8 Å². The van der Waals surface area contributed by atoms with E-state index in [1.807, 2.05) is 55.5 Å². The monoisotopic (exact) mass is 497 g/mol. The lowest BCUT2D eigenvalue weighted by Crippen LogP contribution is -2.44. The minimum Gasteiger partial charge on any atom is -0.376 e. The van der Waals surface area contributed by atoms with E-state index < -0.39 is 0 Å². The molecule has 1 aliphatic heterocycles. The van der Waals surface area contributed by atoms with Crippen LogP contribution in [0.15, 0.2) is 65.6 Å². The topological polar surface area (TPSA) is 92.9 Å². The van der Waals surface area contributed by atoms with Crippen molar-refractivity contribution < 1.29 is 4.39 Å². The Hall–Kier alpha value is -4.24. The third-order valence-electron chi connectivity index (χ3n) is 7.07. The molecule has 0 spiro atoms. The maximum atomic E-state index is 15.7. The number of pyridine rings is 2. The summed E-state index contributed by atoms with van der Waals surface area (Å²) in [6, 6.07) is 16.7. The van der Waals surface area contributed by atoms with E-state index >= 15 is 4.39 Å². The third kappa shape index (κ3) is 4.21. The predicted octanol–water partition coefficient (Wildman–Crippen LogP) is 4.53. The summed E-state index contributed by atoms with van der Waals surface area (Å²) in [6.07, 6.45) is 1.74. The molecule has 37 heavy (non-hydrogen) atoms. The first-order valence-electron chi connectivity index (χ1n) is 12.4. The van der Waals surface area contributed by atoms with Gasteiger partial charge in [0.15, 0.2) is 5.82 Å². The fraction of sp³-hybridized carbons (Fsp3) is 0.250. The minimum absolute atomic E-state index is 0.185.